The normalized spacial score (nSPS) is 16.0. The molecule has 0 aliphatic carbocycles. The molecule has 1 unspecified atom stereocenters. The molecular formula is C21H18F3N3O4S. The van der Waals surface area contributed by atoms with Crippen molar-refractivity contribution in [1.29, 1.82) is 0 Å². The number of hydrogen-bond donors (Lipinski definition) is 2. The van der Waals surface area contributed by atoms with Crippen LogP contribution in [0.5, 0.6) is 0 Å². The van der Waals surface area contributed by atoms with E-state index in [0.717, 1.165) is 34.9 Å². The first-order valence-corrected chi connectivity index (χ1v) is 10.6. The minimum atomic E-state index is -4.51. The third-order valence-corrected chi connectivity index (χ3v) is 6.22. The van der Waals surface area contributed by atoms with Gasteiger partial charge in [0, 0.05) is 11.4 Å². The molecule has 1 aliphatic heterocycles. The van der Waals surface area contributed by atoms with Crippen LogP contribution in [0, 0.1) is 0 Å². The number of aromatic nitrogens is 2. The molecule has 1 aromatic heterocycles. The molecule has 4 rings (SSSR count). The number of aryl methyl sites for hydroxylation is 1. The molecule has 7 nitrogen and oxygen atoms in total. The van der Waals surface area contributed by atoms with Crippen LogP contribution in [0.4, 0.5) is 18.9 Å². The fraction of sp³-hybridized carbons (Fsp3) is 0.286. The van der Waals surface area contributed by atoms with E-state index < -0.39 is 28.9 Å². The number of carbonyl (C=O) groups is 2. The molecule has 32 heavy (non-hydrogen) atoms. The molecule has 11 heteroatoms. The van der Waals surface area contributed by atoms with Gasteiger partial charge in [0.15, 0.2) is 0 Å². The van der Waals surface area contributed by atoms with E-state index in [-0.39, 0.29) is 24.4 Å². The highest BCUT2D eigenvalue weighted by Gasteiger charge is 2.34. The summed E-state index contributed by atoms with van der Waals surface area (Å²) in [6, 6.07) is 10.3. The summed E-state index contributed by atoms with van der Waals surface area (Å²) in [5, 5.41) is 1.62. The van der Waals surface area contributed by atoms with Crippen LogP contribution in [0.15, 0.2) is 52.2 Å². The summed E-state index contributed by atoms with van der Waals surface area (Å²) in [6.45, 7) is 0.416. The number of carbonyl (C=O) groups excluding carboxylic acids is 2. The summed E-state index contributed by atoms with van der Waals surface area (Å²) in [5.41, 5.74) is 0.442. The highest BCUT2D eigenvalue weighted by Crippen LogP contribution is 2.40. The first-order valence-electron chi connectivity index (χ1n) is 9.74. The zero-order chi connectivity index (χ0) is 22.9. The number of ether oxygens (including phenoxy) is 1. The molecule has 0 saturated heterocycles. The monoisotopic (exact) mass is 465 g/mol. The molecule has 0 radical (unpaired) electrons. The second-order valence-electron chi connectivity index (χ2n) is 7.18. The van der Waals surface area contributed by atoms with E-state index in [0.29, 0.717) is 17.9 Å². The number of H-pyrrole nitrogens is 1. The molecular weight excluding hydrogens is 447 g/mol. The lowest BCUT2D eigenvalue weighted by Crippen LogP contribution is -2.31. The van der Waals surface area contributed by atoms with Gasteiger partial charge in [0.05, 0.1) is 40.6 Å². The van der Waals surface area contributed by atoms with E-state index >= 15 is 0 Å². The van der Waals surface area contributed by atoms with Crippen LogP contribution in [0.25, 0.3) is 11.0 Å². The fourth-order valence-electron chi connectivity index (χ4n) is 3.41. The van der Waals surface area contributed by atoms with Crippen LogP contribution in [0.3, 0.4) is 0 Å². The maximum atomic E-state index is 12.8. The lowest BCUT2D eigenvalue weighted by atomic mass is 10.1. The van der Waals surface area contributed by atoms with Crippen molar-refractivity contribution in [2.75, 3.05) is 11.9 Å². The minimum absolute atomic E-state index is 0.0648. The number of nitrogens with one attached hydrogen (secondary N) is 2. The molecule has 0 bridgehead atoms. The highest BCUT2D eigenvalue weighted by atomic mass is 32.2. The first kappa shape index (κ1) is 22.0. The predicted octanol–water partition coefficient (Wildman–Crippen LogP) is 3.78. The number of aromatic amines is 1. The summed E-state index contributed by atoms with van der Waals surface area (Å²) < 4.78 is 45.3. The van der Waals surface area contributed by atoms with E-state index in [4.69, 9.17) is 4.74 Å². The average molecular weight is 465 g/mol. The van der Waals surface area contributed by atoms with Crippen molar-refractivity contribution in [2.24, 2.45) is 0 Å². The second-order valence-corrected chi connectivity index (χ2v) is 8.43. The first-order chi connectivity index (χ1) is 15.2. The molecule has 2 N–H and O–H groups in total. The smallest absolute Gasteiger partial charge is 0.416 e. The van der Waals surface area contributed by atoms with Gasteiger partial charge >= 0.3 is 17.8 Å². The quantitative estimate of drug-likeness (QED) is 0.427. The maximum absolute atomic E-state index is 12.8. The van der Waals surface area contributed by atoms with Gasteiger partial charge in [-0.2, -0.15) is 13.2 Å². The highest BCUT2D eigenvalue weighted by molar-refractivity contribution is 8.01. The maximum Gasteiger partial charge on any atom is 0.416 e. The largest absolute Gasteiger partial charge is 0.466 e. The van der Waals surface area contributed by atoms with Gasteiger partial charge in [-0.25, -0.2) is 4.79 Å². The number of esters is 1. The van der Waals surface area contributed by atoms with Gasteiger partial charge in [-0.1, -0.05) is 12.1 Å². The minimum Gasteiger partial charge on any atom is -0.466 e. The molecule has 0 spiro atoms. The van der Waals surface area contributed by atoms with Gasteiger partial charge in [-0.05, 0) is 36.8 Å². The van der Waals surface area contributed by atoms with E-state index in [1.807, 2.05) is 18.2 Å². The van der Waals surface area contributed by atoms with E-state index in [9.17, 15) is 27.6 Å². The predicted molar refractivity (Wildman–Crippen MR) is 112 cm³/mol. The Morgan fingerprint density at radius 2 is 1.94 bits per heavy atom. The lowest BCUT2D eigenvalue weighted by molar-refractivity contribution is -0.144. The van der Waals surface area contributed by atoms with Gasteiger partial charge in [0.1, 0.15) is 0 Å². The Bertz CT molecular complexity index is 1230. The van der Waals surface area contributed by atoms with Crippen molar-refractivity contribution in [3.8, 4) is 0 Å². The Morgan fingerprint density at radius 1 is 1.16 bits per heavy atom. The summed E-state index contributed by atoms with van der Waals surface area (Å²) in [4.78, 5) is 39.6. The summed E-state index contributed by atoms with van der Waals surface area (Å²) in [7, 11) is 0. The fourth-order valence-corrected chi connectivity index (χ4v) is 4.48. The zero-order valence-corrected chi connectivity index (χ0v) is 17.4. The number of rotatable bonds is 6. The molecule has 1 aliphatic rings. The van der Waals surface area contributed by atoms with Crippen molar-refractivity contribution in [3.63, 3.8) is 0 Å². The third-order valence-electron chi connectivity index (χ3n) is 4.95. The number of thioether (sulfide) groups is 1. The Hall–Kier alpha value is -3.21. The summed E-state index contributed by atoms with van der Waals surface area (Å²) in [6.07, 6.45) is -4.33. The number of amides is 1. The molecule has 1 amide bonds. The second kappa shape index (κ2) is 8.73. The van der Waals surface area contributed by atoms with Crippen molar-refractivity contribution in [1.82, 2.24) is 9.55 Å². The molecule has 168 valence electrons. The molecule has 2 aromatic carbocycles. The number of anilines is 1. The van der Waals surface area contributed by atoms with E-state index in [1.54, 1.807) is 10.6 Å². The third kappa shape index (κ3) is 4.67. The van der Waals surface area contributed by atoms with E-state index in [1.165, 1.54) is 6.07 Å². The van der Waals surface area contributed by atoms with Crippen LogP contribution < -0.4 is 11.0 Å². The SMILES string of the molecule is O=C(CC1Sc2ccc(C(F)(F)F)cc2NC1=O)OCCCn1c(=O)[nH]c2ccccc21. The number of benzene rings is 2. The number of nitrogens with zero attached hydrogens (tertiary/aromatic N) is 1. The number of halogens is 3. The number of alkyl halides is 3. The van der Waals surface area contributed by atoms with Crippen molar-refractivity contribution in [2.45, 2.75) is 35.7 Å². The van der Waals surface area contributed by atoms with Gasteiger partial charge in [0.2, 0.25) is 5.91 Å². The van der Waals surface area contributed by atoms with Gasteiger partial charge in [0.25, 0.3) is 0 Å². The Kier molecular flexibility index (Phi) is 6.00. The van der Waals surface area contributed by atoms with Gasteiger partial charge < -0.3 is 15.0 Å². The standard InChI is InChI=1S/C21H18F3N3O4S/c22-21(23,24)12-6-7-16-14(10-12)25-19(29)17(32-16)11-18(28)31-9-3-8-27-15-5-2-1-4-13(15)26-20(27)30/h1-2,4-7,10,17H,3,8-9,11H2,(H,25,29)(H,26,30). The average Bonchev–Trinajstić information content (AvgIpc) is 3.05. The topological polar surface area (TPSA) is 93.2 Å². The van der Waals surface area contributed by atoms with Crippen molar-refractivity contribution < 1.29 is 27.5 Å². The molecule has 1 atom stereocenters. The Labute approximate surface area is 183 Å². The number of hydrogen-bond acceptors (Lipinski definition) is 5. The van der Waals surface area contributed by atoms with Crippen molar-refractivity contribution >= 4 is 40.4 Å². The van der Waals surface area contributed by atoms with Crippen LogP contribution in [-0.2, 0) is 27.0 Å². The molecule has 0 fully saturated rings. The number of para-hydroxylation sites is 2. The summed E-state index contributed by atoms with van der Waals surface area (Å²) in [5.74, 6) is -1.15. The van der Waals surface area contributed by atoms with Crippen molar-refractivity contribution in [3.05, 3.63) is 58.5 Å². The van der Waals surface area contributed by atoms with Gasteiger partial charge in [-0.15, -0.1) is 11.8 Å². The number of imidazole rings is 1. The Balaban J connectivity index is 1.29. The van der Waals surface area contributed by atoms with Crippen LogP contribution in [0.1, 0.15) is 18.4 Å². The molecule has 0 saturated carbocycles. The van der Waals surface area contributed by atoms with E-state index in [2.05, 4.69) is 10.3 Å². The molecule has 3 aromatic rings. The van der Waals surface area contributed by atoms with Crippen LogP contribution in [-0.4, -0.2) is 33.3 Å². The summed E-state index contributed by atoms with van der Waals surface area (Å²) >= 11 is 1.02. The molecule has 2 heterocycles. The Morgan fingerprint density at radius 3 is 2.72 bits per heavy atom. The lowest BCUT2D eigenvalue weighted by Gasteiger charge is -2.24. The van der Waals surface area contributed by atoms with Gasteiger partial charge in [-0.3, -0.25) is 14.2 Å². The zero-order valence-electron chi connectivity index (χ0n) is 16.6. The number of fused-ring (bicyclic) bond motifs is 2. The van der Waals surface area contributed by atoms with Crippen LogP contribution in [0.2, 0.25) is 0 Å². The van der Waals surface area contributed by atoms with Crippen LogP contribution >= 0.6 is 11.8 Å².